The Hall–Kier alpha value is -1.87. The van der Waals surface area contributed by atoms with Crippen LogP contribution in [0.3, 0.4) is 0 Å². The van der Waals surface area contributed by atoms with E-state index in [2.05, 4.69) is 18.8 Å². The fraction of sp³-hybridized carbons (Fsp3) is 0.591. The molecule has 1 aromatic heterocycles. The third-order valence-corrected chi connectivity index (χ3v) is 5.37. The van der Waals surface area contributed by atoms with Gasteiger partial charge in [-0.25, -0.2) is 4.98 Å². The van der Waals surface area contributed by atoms with Crippen LogP contribution < -0.4 is 4.90 Å². The van der Waals surface area contributed by atoms with Crippen molar-refractivity contribution in [2.45, 2.75) is 64.4 Å². The van der Waals surface area contributed by atoms with Gasteiger partial charge in [0, 0.05) is 11.8 Å². The van der Waals surface area contributed by atoms with Gasteiger partial charge in [0.1, 0.15) is 5.69 Å². The molecule has 174 valence electrons. The highest BCUT2D eigenvalue weighted by Crippen LogP contribution is 2.39. The number of unbranched alkanes of at least 4 members (excludes halogenated alkanes) is 2. The molecule has 9 heteroatoms. The standard InChI is InChI=1S/C22H28F6N2O/c1-3-5-11-30(12-6-4-2)13-10-18(31)16-14-19(22(26,27)28)29-20-15(16)8-7-9-17(20)21(23,24)25/h7-9,14,18,31H,3-6,10-13H2,1-2H3/p+1. The Morgan fingerprint density at radius 2 is 1.55 bits per heavy atom. The third-order valence-electron chi connectivity index (χ3n) is 5.37. The van der Waals surface area contributed by atoms with Crippen LogP contribution in [0.5, 0.6) is 0 Å². The smallest absolute Gasteiger partial charge is 0.388 e. The molecule has 2 aromatic rings. The molecule has 3 nitrogen and oxygen atoms in total. The first-order valence-corrected chi connectivity index (χ1v) is 10.6. The molecule has 0 fully saturated rings. The van der Waals surface area contributed by atoms with Gasteiger partial charge in [-0.2, -0.15) is 26.3 Å². The van der Waals surface area contributed by atoms with Crippen LogP contribution in [0.1, 0.15) is 68.9 Å². The summed E-state index contributed by atoms with van der Waals surface area (Å²) in [6, 6.07) is 3.77. The van der Waals surface area contributed by atoms with Gasteiger partial charge < -0.3 is 10.0 Å². The summed E-state index contributed by atoms with van der Waals surface area (Å²) < 4.78 is 80.2. The van der Waals surface area contributed by atoms with Crippen molar-refractivity contribution in [3.63, 3.8) is 0 Å². The first-order valence-electron chi connectivity index (χ1n) is 10.6. The summed E-state index contributed by atoms with van der Waals surface area (Å²) in [6.45, 7) is 6.41. The van der Waals surface area contributed by atoms with Crippen LogP contribution in [-0.2, 0) is 12.4 Å². The number of fused-ring (bicyclic) bond motifs is 1. The fourth-order valence-corrected chi connectivity index (χ4v) is 3.65. The number of benzene rings is 1. The monoisotopic (exact) mass is 451 g/mol. The van der Waals surface area contributed by atoms with E-state index in [9.17, 15) is 31.4 Å². The number of nitrogens with one attached hydrogen (secondary N) is 1. The second-order valence-electron chi connectivity index (χ2n) is 7.81. The number of aromatic nitrogens is 1. The Kier molecular flexibility index (Phi) is 8.71. The number of quaternary nitrogens is 1. The quantitative estimate of drug-likeness (QED) is 0.489. The molecule has 1 heterocycles. The zero-order valence-corrected chi connectivity index (χ0v) is 17.7. The number of hydrogen-bond donors (Lipinski definition) is 2. The lowest BCUT2D eigenvalue weighted by atomic mass is 9.97. The molecule has 0 saturated heterocycles. The third kappa shape index (κ3) is 6.80. The molecule has 0 aliphatic rings. The number of halogens is 6. The lowest BCUT2D eigenvalue weighted by molar-refractivity contribution is -0.901. The molecular formula is C22H29F6N2O+. The number of para-hydroxylation sites is 1. The van der Waals surface area contributed by atoms with Crippen molar-refractivity contribution in [2.24, 2.45) is 0 Å². The Morgan fingerprint density at radius 1 is 0.935 bits per heavy atom. The molecule has 1 atom stereocenters. The summed E-state index contributed by atoms with van der Waals surface area (Å²) in [5.41, 5.74) is -3.65. The van der Waals surface area contributed by atoms with Gasteiger partial charge >= 0.3 is 12.4 Å². The molecule has 0 radical (unpaired) electrons. The lowest BCUT2D eigenvalue weighted by Gasteiger charge is -2.22. The molecular weight excluding hydrogens is 422 g/mol. The predicted octanol–water partition coefficient (Wildman–Crippen LogP) is 5.18. The predicted molar refractivity (Wildman–Crippen MR) is 107 cm³/mol. The van der Waals surface area contributed by atoms with Crippen LogP contribution in [0, 0.1) is 0 Å². The van der Waals surface area contributed by atoms with E-state index in [-0.39, 0.29) is 17.4 Å². The van der Waals surface area contributed by atoms with E-state index in [0.717, 1.165) is 44.8 Å². The zero-order chi connectivity index (χ0) is 23.2. The molecule has 0 amide bonds. The lowest BCUT2D eigenvalue weighted by Crippen LogP contribution is -3.12. The van der Waals surface area contributed by atoms with Gasteiger partial charge in [-0.1, -0.05) is 38.8 Å². The number of hydrogen-bond acceptors (Lipinski definition) is 2. The van der Waals surface area contributed by atoms with Gasteiger partial charge in [0.25, 0.3) is 0 Å². The van der Waals surface area contributed by atoms with E-state index >= 15 is 0 Å². The number of aliphatic hydroxyl groups excluding tert-OH is 1. The largest absolute Gasteiger partial charge is 0.433 e. The van der Waals surface area contributed by atoms with Crippen LogP contribution in [0.2, 0.25) is 0 Å². The minimum absolute atomic E-state index is 0.112. The maximum atomic E-state index is 13.4. The molecule has 1 aromatic carbocycles. The molecule has 31 heavy (non-hydrogen) atoms. The molecule has 2 N–H and O–H groups in total. The molecule has 2 rings (SSSR count). The number of aliphatic hydroxyl groups is 1. The Bertz CT molecular complexity index is 842. The minimum atomic E-state index is -4.93. The average molecular weight is 451 g/mol. The fourth-order valence-electron chi connectivity index (χ4n) is 3.65. The summed E-state index contributed by atoms with van der Waals surface area (Å²) in [7, 11) is 0. The average Bonchev–Trinajstić information content (AvgIpc) is 2.70. The first kappa shape index (κ1) is 25.4. The van der Waals surface area contributed by atoms with Crippen molar-refractivity contribution in [1.82, 2.24) is 4.98 Å². The minimum Gasteiger partial charge on any atom is -0.388 e. The van der Waals surface area contributed by atoms with Gasteiger partial charge in [-0.15, -0.1) is 0 Å². The van der Waals surface area contributed by atoms with Crippen molar-refractivity contribution < 1.29 is 36.3 Å². The highest BCUT2D eigenvalue weighted by atomic mass is 19.4. The second kappa shape index (κ2) is 10.6. The Morgan fingerprint density at radius 3 is 2.06 bits per heavy atom. The number of pyridine rings is 1. The van der Waals surface area contributed by atoms with E-state index in [0.29, 0.717) is 18.7 Å². The summed E-state index contributed by atoms with van der Waals surface area (Å²) in [5, 5.41) is 10.6. The molecule has 0 saturated carbocycles. The van der Waals surface area contributed by atoms with Crippen LogP contribution >= 0.6 is 0 Å². The van der Waals surface area contributed by atoms with Gasteiger partial charge in [0.15, 0.2) is 0 Å². The van der Waals surface area contributed by atoms with E-state index < -0.39 is 35.2 Å². The normalized spacial score (nSPS) is 13.9. The number of alkyl halides is 6. The van der Waals surface area contributed by atoms with Crippen LogP contribution in [0.15, 0.2) is 24.3 Å². The highest BCUT2D eigenvalue weighted by Gasteiger charge is 2.38. The van der Waals surface area contributed by atoms with Crippen LogP contribution in [0.4, 0.5) is 26.3 Å². The highest BCUT2D eigenvalue weighted by molar-refractivity contribution is 5.86. The molecule has 0 bridgehead atoms. The van der Waals surface area contributed by atoms with E-state index in [1.807, 2.05) is 0 Å². The SMILES string of the molecule is CCCC[NH+](CCCC)CCC(O)c1cc(C(F)(F)F)nc2c(C(F)(F)F)cccc12. The van der Waals surface area contributed by atoms with E-state index in [1.54, 1.807) is 0 Å². The van der Waals surface area contributed by atoms with Crippen LogP contribution in [0.25, 0.3) is 10.9 Å². The maximum Gasteiger partial charge on any atom is 0.433 e. The summed E-state index contributed by atoms with van der Waals surface area (Å²) in [4.78, 5) is 4.50. The summed E-state index contributed by atoms with van der Waals surface area (Å²) in [6.07, 6.45) is -6.99. The summed E-state index contributed by atoms with van der Waals surface area (Å²) in [5.74, 6) is 0. The van der Waals surface area contributed by atoms with Crippen molar-refractivity contribution in [3.05, 3.63) is 41.1 Å². The topological polar surface area (TPSA) is 37.6 Å². The first-order chi connectivity index (χ1) is 14.5. The van der Waals surface area contributed by atoms with Crippen molar-refractivity contribution in [1.29, 1.82) is 0 Å². The van der Waals surface area contributed by atoms with Crippen LogP contribution in [-0.4, -0.2) is 29.7 Å². The Balaban J connectivity index is 2.42. The Labute approximate surface area is 178 Å². The van der Waals surface area contributed by atoms with Crippen molar-refractivity contribution >= 4 is 10.9 Å². The summed E-state index contributed by atoms with van der Waals surface area (Å²) >= 11 is 0. The van der Waals surface area contributed by atoms with Gasteiger partial charge in [0.2, 0.25) is 0 Å². The van der Waals surface area contributed by atoms with E-state index in [4.69, 9.17) is 0 Å². The maximum absolute atomic E-state index is 13.4. The van der Waals surface area contributed by atoms with Crippen molar-refractivity contribution in [3.8, 4) is 0 Å². The second-order valence-corrected chi connectivity index (χ2v) is 7.81. The number of nitrogens with zero attached hydrogens (tertiary/aromatic N) is 1. The van der Waals surface area contributed by atoms with Gasteiger partial charge in [-0.3, -0.25) is 0 Å². The molecule has 0 aliphatic heterocycles. The van der Waals surface area contributed by atoms with Crippen molar-refractivity contribution in [2.75, 3.05) is 19.6 Å². The number of rotatable bonds is 10. The molecule has 0 spiro atoms. The van der Waals surface area contributed by atoms with Gasteiger partial charge in [-0.05, 0) is 30.5 Å². The molecule has 1 unspecified atom stereocenters. The van der Waals surface area contributed by atoms with Gasteiger partial charge in [0.05, 0.1) is 36.8 Å². The zero-order valence-electron chi connectivity index (χ0n) is 17.7. The molecule has 0 aliphatic carbocycles. The van der Waals surface area contributed by atoms with E-state index in [1.165, 1.54) is 11.0 Å².